The van der Waals surface area contributed by atoms with Crippen molar-refractivity contribution in [2.45, 2.75) is 45.6 Å². The van der Waals surface area contributed by atoms with E-state index in [0.717, 1.165) is 58.5 Å². The number of rotatable bonds is 9. The maximum Gasteiger partial charge on any atom is 0.237 e. The van der Waals surface area contributed by atoms with Crippen LogP contribution >= 0.6 is 0 Å². The lowest BCUT2D eigenvalue weighted by Crippen LogP contribution is -2.54. The number of nitrogens with two attached hydrogens (primary N) is 1. The molecule has 20 heavy (non-hydrogen) atoms. The van der Waals surface area contributed by atoms with Crippen molar-refractivity contribution in [2.75, 3.05) is 39.4 Å². The first-order valence-electron chi connectivity index (χ1n) is 8.04. The van der Waals surface area contributed by atoms with E-state index >= 15 is 0 Å². The number of hydrogen-bond acceptors (Lipinski definition) is 4. The zero-order valence-electron chi connectivity index (χ0n) is 13.1. The average Bonchev–Trinajstić information content (AvgIpc) is 2.49. The van der Waals surface area contributed by atoms with Crippen molar-refractivity contribution in [1.29, 1.82) is 0 Å². The van der Waals surface area contributed by atoms with Crippen molar-refractivity contribution in [3.8, 4) is 0 Å². The second-order valence-corrected chi connectivity index (χ2v) is 5.46. The maximum absolute atomic E-state index is 12.5. The summed E-state index contributed by atoms with van der Waals surface area (Å²) < 4.78 is 5.40. The van der Waals surface area contributed by atoms with E-state index in [1.165, 1.54) is 0 Å². The normalized spacial score (nSPS) is 18.2. The molecule has 1 amide bonds. The van der Waals surface area contributed by atoms with Gasteiger partial charge in [0.2, 0.25) is 5.91 Å². The van der Waals surface area contributed by atoms with Crippen LogP contribution in [0.15, 0.2) is 0 Å². The van der Waals surface area contributed by atoms with E-state index < -0.39 is 0 Å². The predicted molar refractivity (Wildman–Crippen MR) is 81.6 cm³/mol. The van der Waals surface area contributed by atoms with Gasteiger partial charge in [-0.25, -0.2) is 0 Å². The number of nitrogens with one attached hydrogen (secondary N) is 1. The molecule has 1 aliphatic heterocycles. The molecule has 0 aromatic carbocycles. The second-order valence-electron chi connectivity index (χ2n) is 5.46. The highest BCUT2D eigenvalue weighted by atomic mass is 16.5. The Hall–Kier alpha value is -0.650. The van der Waals surface area contributed by atoms with Crippen LogP contribution in [-0.4, -0.2) is 56.2 Å². The zero-order chi connectivity index (χ0) is 14.8. The highest BCUT2D eigenvalue weighted by Gasteiger charge is 2.32. The van der Waals surface area contributed by atoms with Crippen LogP contribution in [0.25, 0.3) is 0 Å². The molecular weight excluding hydrogens is 254 g/mol. The van der Waals surface area contributed by atoms with Crippen LogP contribution in [0.3, 0.4) is 0 Å². The molecule has 1 saturated heterocycles. The third kappa shape index (κ3) is 5.38. The summed E-state index contributed by atoms with van der Waals surface area (Å²) in [7, 11) is 0. The average molecular weight is 285 g/mol. The lowest BCUT2D eigenvalue weighted by molar-refractivity contribution is -0.130. The summed E-state index contributed by atoms with van der Waals surface area (Å²) in [4.78, 5) is 14.8. The van der Waals surface area contributed by atoms with Crippen molar-refractivity contribution in [2.24, 2.45) is 11.7 Å². The zero-order valence-corrected chi connectivity index (χ0v) is 13.1. The van der Waals surface area contributed by atoms with E-state index in [-0.39, 0.29) is 11.9 Å². The summed E-state index contributed by atoms with van der Waals surface area (Å²) >= 11 is 0. The van der Waals surface area contributed by atoms with Gasteiger partial charge in [-0.1, -0.05) is 26.7 Å². The molecule has 0 radical (unpaired) electrons. The first kappa shape index (κ1) is 17.4. The summed E-state index contributed by atoms with van der Waals surface area (Å²) in [6.45, 7) is 8.95. The number of nitrogens with zero attached hydrogens (tertiary/aromatic N) is 1. The van der Waals surface area contributed by atoms with E-state index in [4.69, 9.17) is 10.5 Å². The van der Waals surface area contributed by atoms with Gasteiger partial charge in [-0.2, -0.15) is 0 Å². The Morgan fingerprint density at radius 1 is 1.25 bits per heavy atom. The molecule has 118 valence electrons. The summed E-state index contributed by atoms with van der Waals surface area (Å²) in [5.41, 5.74) is 5.48. The lowest BCUT2D eigenvalue weighted by Gasteiger charge is -2.37. The van der Waals surface area contributed by atoms with Gasteiger partial charge in [-0.15, -0.1) is 0 Å². The van der Waals surface area contributed by atoms with Gasteiger partial charge in [0, 0.05) is 19.6 Å². The van der Waals surface area contributed by atoms with E-state index in [9.17, 15) is 4.79 Å². The molecule has 1 atom stereocenters. The third-order valence-electron chi connectivity index (χ3n) is 4.13. The Kier molecular flexibility index (Phi) is 8.82. The van der Waals surface area contributed by atoms with E-state index in [1.54, 1.807) is 0 Å². The molecule has 0 bridgehead atoms. The van der Waals surface area contributed by atoms with E-state index in [2.05, 4.69) is 24.1 Å². The van der Waals surface area contributed by atoms with Gasteiger partial charge in [-0.05, 0) is 25.3 Å². The Bertz CT molecular complexity index is 264. The molecule has 0 aromatic heterocycles. The molecule has 1 fully saturated rings. The highest BCUT2D eigenvalue weighted by molar-refractivity contribution is 5.82. The maximum atomic E-state index is 12.5. The standard InChI is InChI=1S/C15H31N3O2/c1-3-13(4-2)14(18-9-11-20-12-10-18)15(19)17-8-6-5-7-16/h13-14H,3-12,16H2,1-2H3,(H,17,19). The number of hydrogen-bond donors (Lipinski definition) is 2. The number of ether oxygens (including phenoxy) is 1. The number of unbranched alkanes of at least 4 members (excludes halogenated alkanes) is 1. The first-order valence-corrected chi connectivity index (χ1v) is 8.04. The molecule has 1 aliphatic rings. The smallest absolute Gasteiger partial charge is 0.237 e. The van der Waals surface area contributed by atoms with Gasteiger partial charge in [-0.3, -0.25) is 9.69 Å². The van der Waals surface area contributed by atoms with E-state index in [1.807, 2.05) is 0 Å². The van der Waals surface area contributed by atoms with Crippen molar-refractivity contribution < 1.29 is 9.53 Å². The fourth-order valence-corrected chi connectivity index (χ4v) is 2.85. The summed E-state index contributed by atoms with van der Waals surface area (Å²) in [6.07, 6.45) is 4.00. The minimum absolute atomic E-state index is 0.00761. The van der Waals surface area contributed by atoms with Crippen molar-refractivity contribution >= 4 is 5.91 Å². The molecule has 3 N–H and O–H groups in total. The molecule has 0 aromatic rings. The van der Waals surface area contributed by atoms with Crippen LogP contribution in [0.4, 0.5) is 0 Å². The van der Waals surface area contributed by atoms with Crippen molar-refractivity contribution in [3.05, 3.63) is 0 Å². The molecule has 5 nitrogen and oxygen atoms in total. The van der Waals surface area contributed by atoms with Gasteiger partial charge in [0.1, 0.15) is 0 Å². The number of carbonyl (C=O) groups excluding carboxylic acids is 1. The second kappa shape index (κ2) is 10.1. The fraction of sp³-hybridized carbons (Fsp3) is 0.933. The SMILES string of the molecule is CCC(CC)C(C(=O)NCCCCN)N1CCOCC1. The highest BCUT2D eigenvalue weighted by Crippen LogP contribution is 2.20. The van der Waals surface area contributed by atoms with Crippen LogP contribution in [0.1, 0.15) is 39.5 Å². The van der Waals surface area contributed by atoms with Crippen LogP contribution in [-0.2, 0) is 9.53 Å². The fourth-order valence-electron chi connectivity index (χ4n) is 2.85. The van der Waals surface area contributed by atoms with Gasteiger partial charge in [0.15, 0.2) is 0 Å². The predicted octanol–water partition coefficient (Wildman–Crippen LogP) is 0.979. The summed E-state index contributed by atoms with van der Waals surface area (Å²) in [5, 5.41) is 3.09. The van der Waals surface area contributed by atoms with Crippen molar-refractivity contribution in [3.63, 3.8) is 0 Å². The van der Waals surface area contributed by atoms with E-state index in [0.29, 0.717) is 12.5 Å². The van der Waals surface area contributed by atoms with Gasteiger partial charge in [0.25, 0.3) is 0 Å². The summed E-state index contributed by atoms with van der Waals surface area (Å²) in [5.74, 6) is 0.597. The number of amides is 1. The van der Waals surface area contributed by atoms with Crippen LogP contribution < -0.4 is 11.1 Å². The lowest BCUT2D eigenvalue weighted by atomic mass is 9.91. The quantitative estimate of drug-likeness (QED) is 0.620. The minimum Gasteiger partial charge on any atom is -0.379 e. The first-order chi connectivity index (χ1) is 9.74. The van der Waals surface area contributed by atoms with Gasteiger partial charge in [0.05, 0.1) is 19.3 Å². The molecule has 1 heterocycles. The Balaban J connectivity index is 2.57. The van der Waals surface area contributed by atoms with Gasteiger partial charge < -0.3 is 15.8 Å². The van der Waals surface area contributed by atoms with Crippen molar-refractivity contribution in [1.82, 2.24) is 10.2 Å². The minimum atomic E-state index is -0.00761. The topological polar surface area (TPSA) is 67.6 Å². The number of morpholine rings is 1. The largest absolute Gasteiger partial charge is 0.379 e. The molecule has 1 unspecified atom stereocenters. The molecule has 1 rings (SSSR count). The van der Waals surface area contributed by atoms with Gasteiger partial charge >= 0.3 is 0 Å². The molecule has 0 saturated carbocycles. The molecule has 0 aliphatic carbocycles. The Morgan fingerprint density at radius 2 is 1.90 bits per heavy atom. The monoisotopic (exact) mass is 285 g/mol. The number of carbonyl (C=O) groups is 1. The van der Waals surface area contributed by atoms with Crippen LogP contribution in [0, 0.1) is 5.92 Å². The van der Waals surface area contributed by atoms with Crippen LogP contribution in [0.5, 0.6) is 0 Å². The Labute approximate surface area is 123 Å². The molecule has 0 spiro atoms. The molecule has 5 heteroatoms. The third-order valence-corrected chi connectivity index (χ3v) is 4.13. The Morgan fingerprint density at radius 3 is 2.45 bits per heavy atom. The molecular formula is C15H31N3O2. The summed E-state index contributed by atoms with van der Waals surface area (Å²) in [6, 6.07) is -0.00761. The van der Waals surface area contributed by atoms with Crippen LogP contribution in [0.2, 0.25) is 0 Å².